The molecule has 10 heteroatoms. The monoisotopic (exact) mass is 454 g/mol. The number of carbonyl (C=O) groups excluding carboxylic acids is 2. The minimum atomic E-state index is -1.01. The molecule has 10 nitrogen and oxygen atoms in total. The summed E-state index contributed by atoms with van der Waals surface area (Å²) in [5.74, 6) is -0.573. The highest BCUT2D eigenvalue weighted by Crippen LogP contribution is 2.52. The summed E-state index contributed by atoms with van der Waals surface area (Å²) in [4.78, 5) is 35.9. The summed E-state index contributed by atoms with van der Waals surface area (Å²) in [6, 6.07) is 7.54. The highest BCUT2D eigenvalue weighted by Gasteiger charge is 2.51. The van der Waals surface area contributed by atoms with Crippen molar-refractivity contribution in [3.8, 4) is 0 Å². The van der Waals surface area contributed by atoms with Crippen molar-refractivity contribution in [3.05, 3.63) is 47.5 Å². The molecular formula is C22H30N2O8. The molecule has 2 aliphatic heterocycles. The molecule has 3 aliphatic rings. The van der Waals surface area contributed by atoms with Gasteiger partial charge in [0.05, 0.1) is 25.4 Å². The number of aliphatic hydroxyl groups is 4. The van der Waals surface area contributed by atoms with Crippen LogP contribution in [0.3, 0.4) is 0 Å². The van der Waals surface area contributed by atoms with Gasteiger partial charge < -0.3 is 31.1 Å². The maximum atomic E-state index is 12.2. The quantitative estimate of drug-likeness (QED) is 0.135. The molecule has 0 saturated heterocycles. The van der Waals surface area contributed by atoms with E-state index in [4.69, 9.17) is 20.0 Å². The number of amides is 2. The van der Waals surface area contributed by atoms with E-state index in [1.165, 1.54) is 0 Å². The first-order chi connectivity index (χ1) is 15.3. The Morgan fingerprint density at radius 3 is 1.56 bits per heavy atom. The molecule has 176 valence electrons. The summed E-state index contributed by atoms with van der Waals surface area (Å²) >= 11 is 0. The Morgan fingerprint density at radius 1 is 0.812 bits per heavy atom. The molecule has 32 heavy (non-hydrogen) atoms. The van der Waals surface area contributed by atoms with Crippen molar-refractivity contribution in [2.75, 3.05) is 26.3 Å². The fraction of sp³-hybridized carbons (Fsp3) is 0.545. The number of nitrogens with one attached hydrogen (secondary N) is 2. The fourth-order valence-corrected chi connectivity index (χ4v) is 3.85. The summed E-state index contributed by atoms with van der Waals surface area (Å²) in [5.41, 5.74) is -0.182. The molecule has 0 spiro atoms. The fourth-order valence-electron chi connectivity index (χ4n) is 3.85. The second kappa shape index (κ2) is 10.5. The Balaban J connectivity index is 1.66. The lowest BCUT2D eigenvalue weighted by molar-refractivity contribution is -0.424. The molecule has 2 amide bonds. The van der Waals surface area contributed by atoms with E-state index >= 15 is 0 Å². The van der Waals surface area contributed by atoms with Crippen LogP contribution in [0.25, 0.3) is 0 Å². The lowest BCUT2D eigenvalue weighted by atomic mass is 9.74. The van der Waals surface area contributed by atoms with Crippen molar-refractivity contribution in [1.82, 2.24) is 10.6 Å². The summed E-state index contributed by atoms with van der Waals surface area (Å²) < 4.78 is 0. The van der Waals surface area contributed by atoms with Gasteiger partial charge in [-0.2, -0.15) is 0 Å². The Kier molecular flexibility index (Phi) is 7.99. The van der Waals surface area contributed by atoms with E-state index in [1.807, 2.05) is 36.4 Å². The van der Waals surface area contributed by atoms with Crippen LogP contribution in [0, 0.1) is 0 Å². The highest BCUT2D eigenvalue weighted by molar-refractivity contribution is 5.76. The number of fused-ring (bicyclic) bond motifs is 1. The van der Waals surface area contributed by atoms with Crippen molar-refractivity contribution in [1.29, 1.82) is 0 Å². The van der Waals surface area contributed by atoms with E-state index in [9.17, 15) is 19.8 Å². The van der Waals surface area contributed by atoms with Crippen LogP contribution in [-0.2, 0) is 30.6 Å². The zero-order chi connectivity index (χ0) is 23.2. The van der Waals surface area contributed by atoms with Crippen molar-refractivity contribution < 1.29 is 39.8 Å². The van der Waals surface area contributed by atoms with Crippen molar-refractivity contribution in [3.63, 3.8) is 0 Å². The smallest absolute Gasteiger partial charge is 0.220 e. The molecule has 0 radical (unpaired) electrons. The predicted molar refractivity (Wildman–Crippen MR) is 112 cm³/mol. The Morgan fingerprint density at radius 2 is 1.22 bits per heavy atom. The molecule has 2 bridgehead atoms. The van der Waals surface area contributed by atoms with Crippen LogP contribution in [0.15, 0.2) is 36.4 Å². The molecule has 1 aromatic carbocycles. The average Bonchev–Trinajstić information content (AvgIpc) is 2.84. The first-order valence-corrected chi connectivity index (χ1v) is 10.6. The molecule has 4 unspecified atom stereocenters. The van der Waals surface area contributed by atoms with Gasteiger partial charge >= 0.3 is 0 Å². The van der Waals surface area contributed by atoms with Gasteiger partial charge in [0.2, 0.25) is 11.8 Å². The van der Waals surface area contributed by atoms with E-state index < -0.39 is 36.6 Å². The molecule has 4 atom stereocenters. The molecule has 0 aromatic heterocycles. The van der Waals surface area contributed by atoms with Gasteiger partial charge in [0, 0.05) is 25.9 Å². The number of hydrogen-bond donors (Lipinski definition) is 6. The van der Waals surface area contributed by atoms with Crippen molar-refractivity contribution in [2.45, 2.75) is 49.1 Å². The number of carbonyl (C=O) groups is 2. The molecule has 1 aromatic rings. The number of hydrogen-bond acceptors (Lipinski definition) is 8. The van der Waals surface area contributed by atoms with E-state index in [-0.39, 0.29) is 37.7 Å². The molecule has 4 rings (SSSR count). The molecule has 6 N–H and O–H groups in total. The van der Waals surface area contributed by atoms with Crippen LogP contribution in [0.5, 0.6) is 0 Å². The first-order valence-electron chi connectivity index (χ1n) is 10.6. The highest BCUT2D eigenvalue weighted by atomic mass is 19.1. The second-order valence-electron chi connectivity index (χ2n) is 8.11. The van der Waals surface area contributed by atoms with Gasteiger partial charge in [-0.05, 0) is 36.1 Å². The third-order valence-corrected chi connectivity index (χ3v) is 5.74. The Labute approximate surface area is 185 Å². The zero-order valence-corrected chi connectivity index (χ0v) is 17.7. The average molecular weight is 454 g/mol. The largest absolute Gasteiger partial charge is 0.394 e. The van der Waals surface area contributed by atoms with Gasteiger partial charge in [0.15, 0.2) is 0 Å². The van der Waals surface area contributed by atoms with Crippen LogP contribution in [0.4, 0.5) is 0 Å². The van der Waals surface area contributed by atoms with Crippen LogP contribution in [0.1, 0.15) is 36.8 Å². The standard InChI is InChI=1S/C22H30N2O8/c25-13-15(27)11-23-19(29)5-7-21-9-10-22(32-31-21,18-4-2-1-3-17(18)21)8-6-20(30)24-12-16(28)14-26/h1-4,9-10,15-16,25-28H,5-8,11-14H2,(H,23,29)(H,24,30)/i31+2,32+2. The molecule has 0 fully saturated rings. The van der Waals surface area contributed by atoms with Crippen LogP contribution in [0.2, 0.25) is 0 Å². The lowest BCUT2D eigenvalue weighted by Crippen LogP contribution is -2.48. The van der Waals surface area contributed by atoms with Crippen LogP contribution >= 0.6 is 0 Å². The van der Waals surface area contributed by atoms with Crippen molar-refractivity contribution >= 4 is 11.8 Å². The van der Waals surface area contributed by atoms with E-state index in [0.29, 0.717) is 12.8 Å². The minimum Gasteiger partial charge on any atom is -0.394 e. The van der Waals surface area contributed by atoms with Gasteiger partial charge in [-0.25, -0.2) is 9.78 Å². The minimum absolute atomic E-state index is 0.0351. The first kappa shape index (κ1) is 24.3. The summed E-state index contributed by atoms with van der Waals surface area (Å²) in [5, 5.41) is 41.6. The zero-order valence-electron chi connectivity index (χ0n) is 17.7. The maximum absolute atomic E-state index is 12.2. The molecular weight excluding hydrogens is 424 g/mol. The van der Waals surface area contributed by atoms with Gasteiger partial charge in [-0.3, -0.25) is 9.59 Å². The topological polar surface area (TPSA) is 158 Å². The third-order valence-electron chi connectivity index (χ3n) is 5.74. The summed E-state index contributed by atoms with van der Waals surface area (Å²) in [6.07, 6.45) is 2.52. The van der Waals surface area contributed by atoms with E-state index in [0.717, 1.165) is 11.1 Å². The van der Waals surface area contributed by atoms with Gasteiger partial charge in [-0.15, -0.1) is 0 Å². The normalized spacial score (nSPS) is 25.1. The maximum Gasteiger partial charge on any atom is 0.220 e. The number of rotatable bonds is 12. The Hall–Kier alpha value is -2.34. The Bertz CT molecular complexity index is 780. The third kappa shape index (κ3) is 5.34. The molecule has 0 saturated carbocycles. The molecule has 2 heterocycles. The van der Waals surface area contributed by atoms with Gasteiger partial charge in [-0.1, -0.05) is 24.3 Å². The summed E-state index contributed by atoms with van der Waals surface area (Å²) in [6.45, 7) is -0.932. The predicted octanol–water partition coefficient (Wildman–Crippen LogP) is -0.892. The lowest BCUT2D eigenvalue weighted by Gasteiger charge is -2.48. The van der Waals surface area contributed by atoms with E-state index in [1.54, 1.807) is 0 Å². The SMILES string of the molecule is O=C(CCC12C=CC(CCC(=O)NCC(O)CO)([18O][18O]1)c1ccccc12)NCC(O)CO. The van der Waals surface area contributed by atoms with Crippen molar-refractivity contribution in [2.24, 2.45) is 0 Å². The number of benzene rings is 1. The van der Waals surface area contributed by atoms with E-state index in [2.05, 4.69) is 10.6 Å². The van der Waals surface area contributed by atoms with Crippen LogP contribution < -0.4 is 10.6 Å². The van der Waals surface area contributed by atoms with Crippen LogP contribution in [-0.4, -0.2) is 70.8 Å². The summed E-state index contributed by atoms with van der Waals surface area (Å²) in [7, 11) is 0. The van der Waals surface area contributed by atoms with Gasteiger partial charge in [0.1, 0.15) is 11.2 Å². The van der Waals surface area contributed by atoms with Gasteiger partial charge in [0.25, 0.3) is 0 Å². The number of aliphatic hydroxyl groups excluding tert-OH is 4. The second-order valence-corrected chi connectivity index (χ2v) is 8.11. The molecule has 1 aliphatic carbocycles.